The fourth-order valence-corrected chi connectivity index (χ4v) is 2.20. The maximum Gasteiger partial charge on any atom is 0.509 e. The summed E-state index contributed by atoms with van der Waals surface area (Å²) in [7, 11) is 0. The Morgan fingerprint density at radius 1 is 0.885 bits per heavy atom. The molecule has 26 heavy (non-hydrogen) atoms. The van der Waals surface area contributed by atoms with Crippen molar-refractivity contribution in [3.8, 4) is 0 Å². The Kier molecular flexibility index (Phi) is 10.1. The molecule has 9 nitrogen and oxygen atoms in total. The molecule has 2 rings (SSSR count). The monoisotopic (exact) mass is 372 g/mol. The summed E-state index contributed by atoms with van der Waals surface area (Å²) in [5.41, 5.74) is 0. The number of carbonyl (C=O) groups excluding carboxylic acids is 2. The highest BCUT2D eigenvalue weighted by Crippen LogP contribution is 2.30. The first-order valence-electron chi connectivity index (χ1n) is 7.90. The van der Waals surface area contributed by atoms with Crippen molar-refractivity contribution in [2.24, 2.45) is 0 Å². The lowest BCUT2D eigenvalue weighted by Gasteiger charge is -2.16. The summed E-state index contributed by atoms with van der Waals surface area (Å²) in [6.45, 7) is 10.6. The first-order chi connectivity index (χ1) is 12.6. The minimum Gasteiger partial charge on any atom is -0.430 e. The maximum absolute atomic E-state index is 11.4. The Labute approximate surface area is 151 Å². The quantitative estimate of drug-likeness (QED) is 0.523. The standard InChI is InChI=1S/C14H18O8.C3H6O/c1-3-5-17-13(15)21-9-7-19-12-10(8-20-11(9)12)22-14(16)18-6-4-2;1-2-3-4/h3-4,9-12H,1-2,5-8H2;2,4H,1,3H2. The van der Waals surface area contributed by atoms with Gasteiger partial charge in [-0.05, 0) is 0 Å². The predicted octanol–water partition coefficient (Wildman–Crippen LogP) is 1.36. The minimum absolute atomic E-state index is 0.0578. The number of hydrogen-bond acceptors (Lipinski definition) is 9. The van der Waals surface area contributed by atoms with Crippen LogP contribution in [0.2, 0.25) is 0 Å². The van der Waals surface area contributed by atoms with Crippen molar-refractivity contribution < 1.29 is 43.1 Å². The Hall–Kier alpha value is -2.36. The van der Waals surface area contributed by atoms with E-state index in [1.54, 1.807) is 0 Å². The first-order valence-corrected chi connectivity index (χ1v) is 7.90. The molecule has 0 aromatic heterocycles. The van der Waals surface area contributed by atoms with Crippen LogP contribution in [-0.2, 0) is 28.4 Å². The van der Waals surface area contributed by atoms with Gasteiger partial charge in [0.05, 0.1) is 19.8 Å². The zero-order valence-electron chi connectivity index (χ0n) is 14.4. The number of ether oxygens (including phenoxy) is 6. The number of fused-ring (bicyclic) bond motifs is 1. The zero-order chi connectivity index (χ0) is 19.4. The van der Waals surface area contributed by atoms with E-state index in [9.17, 15) is 9.59 Å². The fraction of sp³-hybridized carbons (Fsp3) is 0.529. The molecule has 0 bridgehead atoms. The van der Waals surface area contributed by atoms with Gasteiger partial charge < -0.3 is 33.5 Å². The van der Waals surface area contributed by atoms with Crippen molar-refractivity contribution in [1.82, 2.24) is 0 Å². The van der Waals surface area contributed by atoms with Gasteiger partial charge in [-0.25, -0.2) is 9.59 Å². The van der Waals surface area contributed by atoms with Gasteiger partial charge in [-0.1, -0.05) is 31.4 Å². The summed E-state index contributed by atoms with van der Waals surface area (Å²) in [6.07, 6.45) is 0.405. The molecule has 2 aliphatic heterocycles. The topological polar surface area (TPSA) is 110 Å². The van der Waals surface area contributed by atoms with Gasteiger partial charge in [0, 0.05) is 0 Å². The smallest absolute Gasteiger partial charge is 0.430 e. The Balaban J connectivity index is 0.000000765. The SMILES string of the molecule is C=CCO.C=CCOC(=O)OC1COC2C(OC(=O)OCC=C)COC12. The van der Waals surface area contributed by atoms with Crippen LogP contribution in [0, 0.1) is 0 Å². The van der Waals surface area contributed by atoms with Gasteiger partial charge in [0.25, 0.3) is 0 Å². The molecule has 0 saturated carbocycles. The summed E-state index contributed by atoms with van der Waals surface area (Å²) >= 11 is 0. The molecule has 2 aliphatic rings. The lowest BCUT2D eigenvalue weighted by atomic mass is 10.1. The second-order valence-corrected chi connectivity index (χ2v) is 5.08. The second kappa shape index (κ2) is 12.1. The molecule has 4 atom stereocenters. The molecule has 0 spiro atoms. The normalized spacial score (nSPS) is 25.7. The number of aliphatic hydroxyl groups is 1. The molecule has 0 aromatic rings. The van der Waals surface area contributed by atoms with E-state index in [0.29, 0.717) is 0 Å². The largest absolute Gasteiger partial charge is 0.509 e. The van der Waals surface area contributed by atoms with Gasteiger partial charge in [-0.3, -0.25) is 0 Å². The summed E-state index contributed by atoms with van der Waals surface area (Å²) in [4.78, 5) is 22.8. The van der Waals surface area contributed by atoms with Gasteiger partial charge in [-0.15, -0.1) is 6.58 Å². The number of rotatable bonds is 7. The summed E-state index contributed by atoms with van der Waals surface area (Å²) < 4.78 is 30.6. The van der Waals surface area contributed by atoms with Crippen LogP contribution in [0.25, 0.3) is 0 Å². The van der Waals surface area contributed by atoms with E-state index in [-0.39, 0.29) is 33.0 Å². The van der Waals surface area contributed by atoms with Crippen LogP contribution in [0.3, 0.4) is 0 Å². The fourth-order valence-electron chi connectivity index (χ4n) is 2.20. The lowest BCUT2D eigenvalue weighted by Crippen LogP contribution is -2.36. The minimum atomic E-state index is -0.826. The summed E-state index contributed by atoms with van der Waals surface area (Å²) in [6, 6.07) is 0. The molecular formula is C17H24O9. The third kappa shape index (κ3) is 6.87. The molecule has 4 unspecified atom stereocenters. The van der Waals surface area contributed by atoms with Gasteiger partial charge in [-0.2, -0.15) is 0 Å². The number of aliphatic hydroxyl groups excluding tert-OH is 1. The summed E-state index contributed by atoms with van der Waals surface area (Å²) in [5, 5.41) is 7.76. The highest BCUT2D eigenvalue weighted by atomic mass is 16.8. The van der Waals surface area contributed by atoms with Crippen LogP contribution < -0.4 is 0 Å². The molecule has 146 valence electrons. The van der Waals surface area contributed by atoms with E-state index in [2.05, 4.69) is 19.7 Å². The van der Waals surface area contributed by atoms with E-state index in [1.165, 1.54) is 18.2 Å². The van der Waals surface area contributed by atoms with E-state index < -0.39 is 36.7 Å². The van der Waals surface area contributed by atoms with Crippen molar-refractivity contribution >= 4 is 12.3 Å². The molecular weight excluding hydrogens is 348 g/mol. The predicted molar refractivity (Wildman–Crippen MR) is 89.6 cm³/mol. The first kappa shape index (κ1) is 21.7. The van der Waals surface area contributed by atoms with Crippen LogP contribution >= 0.6 is 0 Å². The van der Waals surface area contributed by atoms with Gasteiger partial charge in [0.1, 0.15) is 25.4 Å². The average Bonchev–Trinajstić information content (AvgIpc) is 3.22. The molecule has 2 fully saturated rings. The van der Waals surface area contributed by atoms with Crippen LogP contribution in [-0.4, -0.2) is 74.9 Å². The van der Waals surface area contributed by atoms with Crippen LogP contribution in [0.4, 0.5) is 9.59 Å². The molecule has 0 aromatic carbocycles. The van der Waals surface area contributed by atoms with E-state index in [0.717, 1.165) is 0 Å². The van der Waals surface area contributed by atoms with Gasteiger partial charge in [0.15, 0.2) is 12.2 Å². The Morgan fingerprint density at radius 3 is 1.58 bits per heavy atom. The number of carbonyl (C=O) groups is 2. The van der Waals surface area contributed by atoms with Crippen molar-refractivity contribution in [3.63, 3.8) is 0 Å². The molecule has 1 N–H and O–H groups in total. The van der Waals surface area contributed by atoms with Crippen molar-refractivity contribution in [2.75, 3.05) is 33.0 Å². The van der Waals surface area contributed by atoms with E-state index in [1.807, 2.05) is 0 Å². The number of hydrogen-bond donors (Lipinski definition) is 1. The molecule has 0 aliphatic carbocycles. The Morgan fingerprint density at radius 2 is 1.27 bits per heavy atom. The zero-order valence-corrected chi connectivity index (χ0v) is 14.4. The van der Waals surface area contributed by atoms with Crippen molar-refractivity contribution in [1.29, 1.82) is 0 Å². The van der Waals surface area contributed by atoms with Crippen LogP contribution in [0.15, 0.2) is 38.0 Å². The van der Waals surface area contributed by atoms with Crippen molar-refractivity contribution in [2.45, 2.75) is 24.4 Å². The molecule has 9 heteroatoms. The highest BCUT2D eigenvalue weighted by Gasteiger charge is 2.51. The van der Waals surface area contributed by atoms with Gasteiger partial charge in [0.2, 0.25) is 0 Å². The molecule has 0 radical (unpaired) electrons. The molecule has 2 heterocycles. The Bertz CT molecular complexity index is 451. The van der Waals surface area contributed by atoms with E-state index >= 15 is 0 Å². The van der Waals surface area contributed by atoms with Gasteiger partial charge >= 0.3 is 12.3 Å². The van der Waals surface area contributed by atoms with Crippen LogP contribution in [0.5, 0.6) is 0 Å². The van der Waals surface area contributed by atoms with Crippen LogP contribution in [0.1, 0.15) is 0 Å². The van der Waals surface area contributed by atoms with E-state index in [4.69, 9.17) is 33.5 Å². The molecule has 2 saturated heterocycles. The van der Waals surface area contributed by atoms with Crippen molar-refractivity contribution in [3.05, 3.63) is 38.0 Å². The maximum atomic E-state index is 11.4. The summed E-state index contributed by atoms with van der Waals surface area (Å²) in [5.74, 6) is 0. The lowest BCUT2D eigenvalue weighted by molar-refractivity contribution is -0.0394. The average molecular weight is 372 g/mol. The third-order valence-corrected chi connectivity index (χ3v) is 3.22. The molecule has 0 amide bonds. The highest BCUT2D eigenvalue weighted by molar-refractivity contribution is 5.61. The third-order valence-electron chi connectivity index (χ3n) is 3.22. The second-order valence-electron chi connectivity index (χ2n) is 5.08.